The number of anilines is 3. The second-order valence-electron chi connectivity index (χ2n) is 9.66. The maximum Gasteiger partial charge on any atom is 0.293 e. The van der Waals surface area contributed by atoms with E-state index < -0.39 is 0 Å². The molecule has 0 unspecified atom stereocenters. The Morgan fingerprint density at radius 3 is 2.32 bits per heavy atom. The highest BCUT2D eigenvalue weighted by molar-refractivity contribution is 7.98. The molecule has 41 heavy (non-hydrogen) atoms. The highest BCUT2D eigenvalue weighted by atomic mass is 32.2. The number of carbonyl (C=O) groups excluding carboxylic acids is 2. The minimum absolute atomic E-state index is 0.0460. The van der Waals surface area contributed by atoms with Gasteiger partial charge in [0.15, 0.2) is 5.82 Å². The third-order valence-corrected chi connectivity index (χ3v) is 7.72. The van der Waals surface area contributed by atoms with Gasteiger partial charge in [0, 0.05) is 59.3 Å². The zero-order valence-electron chi connectivity index (χ0n) is 23.1. The Kier molecular flexibility index (Phi) is 8.51. The van der Waals surface area contributed by atoms with Crippen LogP contribution in [0, 0.1) is 6.92 Å². The zero-order valence-corrected chi connectivity index (χ0v) is 24.0. The Hall–Kier alpha value is -4.41. The van der Waals surface area contributed by atoms with E-state index in [1.54, 1.807) is 66.3 Å². The smallest absolute Gasteiger partial charge is 0.293 e. The van der Waals surface area contributed by atoms with E-state index in [2.05, 4.69) is 15.6 Å². The number of ether oxygens (including phenoxy) is 1. The van der Waals surface area contributed by atoms with Gasteiger partial charge in [-0.25, -0.2) is 4.98 Å². The molecular formula is C31H31N5O4S. The first-order chi connectivity index (χ1) is 19.8. The maximum atomic E-state index is 12.9. The summed E-state index contributed by atoms with van der Waals surface area (Å²) in [5.74, 6) is -0.0977. The first kappa shape index (κ1) is 28.1. The lowest BCUT2D eigenvalue weighted by molar-refractivity contribution is 0.0303. The van der Waals surface area contributed by atoms with E-state index in [9.17, 15) is 14.4 Å². The minimum atomic E-state index is -0.294. The molecule has 3 aromatic carbocycles. The van der Waals surface area contributed by atoms with Crippen LogP contribution in [0.2, 0.25) is 0 Å². The van der Waals surface area contributed by atoms with Gasteiger partial charge in [-0.3, -0.25) is 14.4 Å². The fourth-order valence-electron chi connectivity index (χ4n) is 4.58. The highest BCUT2D eigenvalue weighted by Gasteiger charge is 2.19. The lowest BCUT2D eigenvalue weighted by atomic mass is 10.0. The average Bonchev–Trinajstić information content (AvgIpc) is 3.01. The molecule has 5 rings (SSSR count). The molecule has 9 nitrogen and oxygen atoms in total. The maximum absolute atomic E-state index is 12.9. The van der Waals surface area contributed by atoms with Gasteiger partial charge in [-0.2, -0.15) is 0 Å². The average molecular weight is 570 g/mol. The van der Waals surface area contributed by atoms with Gasteiger partial charge in [0.1, 0.15) is 0 Å². The van der Waals surface area contributed by atoms with Gasteiger partial charge in [-0.05, 0) is 73.3 Å². The van der Waals surface area contributed by atoms with E-state index in [0.717, 1.165) is 16.0 Å². The molecule has 1 aliphatic rings. The predicted octanol–water partition coefficient (Wildman–Crippen LogP) is 4.95. The summed E-state index contributed by atoms with van der Waals surface area (Å²) < 4.78 is 6.80. The lowest BCUT2D eigenvalue weighted by Gasteiger charge is -2.26. The van der Waals surface area contributed by atoms with Crippen LogP contribution in [-0.2, 0) is 11.8 Å². The molecule has 1 aliphatic heterocycles. The Bertz CT molecular complexity index is 1630. The summed E-state index contributed by atoms with van der Waals surface area (Å²) in [4.78, 5) is 46.1. The van der Waals surface area contributed by atoms with E-state index in [-0.39, 0.29) is 23.2 Å². The molecule has 2 N–H and O–H groups in total. The summed E-state index contributed by atoms with van der Waals surface area (Å²) in [6.07, 6.45) is 3.66. The van der Waals surface area contributed by atoms with E-state index in [4.69, 9.17) is 4.74 Å². The number of aryl methyl sites for hydroxylation is 1. The Balaban J connectivity index is 1.36. The minimum Gasteiger partial charge on any atom is -0.378 e. The van der Waals surface area contributed by atoms with E-state index in [1.165, 1.54) is 4.57 Å². The molecule has 210 valence electrons. The Labute approximate surface area is 242 Å². The summed E-state index contributed by atoms with van der Waals surface area (Å²) >= 11 is 1.62. The van der Waals surface area contributed by atoms with Crippen LogP contribution >= 0.6 is 11.8 Å². The molecule has 1 fully saturated rings. The zero-order chi connectivity index (χ0) is 28.9. The van der Waals surface area contributed by atoms with E-state index in [0.29, 0.717) is 54.5 Å². The third kappa shape index (κ3) is 6.34. The Morgan fingerprint density at radius 1 is 0.951 bits per heavy atom. The standard InChI is InChI=1S/C31H31N5O4S/c1-20-25(5-4-6-26(20)34-29(37)21-9-13-24(41-3)14-10-21)27-19-35(2)31(39)28(33-27)32-23-11-7-22(8-12-23)30(38)36-15-17-40-18-16-36/h4-14,19H,15-18H2,1-3H3,(H,32,33)(H,34,37). The second kappa shape index (κ2) is 12.4. The highest BCUT2D eigenvalue weighted by Crippen LogP contribution is 2.28. The van der Waals surface area contributed by atoms with Gasteiger partial charge >= 0.3 is 0 Å². The van der Waals surface area contributed by atoms with Crippen molar-refractivity contribution in [2.45, 2.75) is 11.8 Å². The number of aromatic nitrogens is 2. The Morgan fingerprint density at radius 2 is 1.63 bits per heavy atom. The fourth-order valence-corrected chi connectivity index (χ4v) is 4.99. The number of nitrogens with zero attached hydrogens (tertiary/aromatic N) is 3. The van der Waals surface area contributed by atoms with E-state index in [1.807, 2.05) is 43.5 Å². The van der Waals surface area contributed by atoms with Gasteiger partial charge in [-0.1, -0.05) is 12.1 Å². The number of morpholine rings is 1. The number of benzene rings is 3. The largest absolute Gasteiger partial charge is 0.378 e. The van der Waals surface area contributed by atoms with Gasteiger partial charge in [-0.15, -0.1) is 11.8 Å². The van der Waals surface area contributed by atoms with Gasteiger partial charge < -0.3 is 24.8 Å². The normalized spacial score (nSPS) is 13.1. The molecule has 1 saturated heterocycles. The molecule has 10 heteroatoms. The van der Waals surface area contributed by atoms with E-state index >= 15 is 0 Å². The molecule has 0 bridgehead atoms. The van der Waals surface area contributed by atoms with Crippen molar-refractivity contribution in [2.24, 2.45) is 7.05 Å². The molecule has 0 radical (unpaired) electrons. The van der Waals surface area contributed by atoms with Crippen LogP contribution in [0.1, 0.15) is 26.3 Å². The van der Waals surface area contributed by atoms with Gasteiger partial charge in [0.2, 0.25) is 0 Å². The molecule has 2 heterocycles. The fraction of sp³-hybridized carbons (Fsp3) is 0.226. The quantitative estimate of drug-likeness (QED) is 0.304. The molecule has 2 amide bonds. The van der Waals surface area contributed by atoms with Crippen molar-refractivity contribution in [2.75, 3.05) is 43.2 Å². The first-order valence-electron chi connectivity index (χ1n) is 13.2. The van der Waals surface area contributed by atoms with Crippen LogP contribution in [0.15, 0.2) is 82.6 Å². The van der Waals surface area contributed by atoms with Crippen LogP contribution < -0.4 is 16.2 Å². The first-order valence-corrected chi connectivity index (χ1v) is 14.4. The summed E-state index contributed by atoms with van der Waals surface area (Å²) in [6.45, 7) is 4.13. The van der Waals surface area contributed by atoms with Crippen LogP contribution in [0.4, 0.5) is 17.2 Å². The number of thioether (sulfide) groups is 1. The van der Waals surface area contributed by atoms with Gasteiger partial charge in [0.05, 0.1) is 18.9 Å². The summed E-state index contributed by atoms with van der Waals surface area (Å²) in [5, 5.41) is 6.10. The number of amides is 2. The molecule has 0 saturated carbocycles. The molecular weight excluding hydrogens is 538 g/mol. The van der Waals surface area contributed by atoms with Crippen molar-refractivity contribution in [1.29, 1.82) is 0 Å². The number of nitrogens with one attached hydrogen (secondary N) is 2. The van der Waals surface area contributed by atoms with Crippen molar-refractivity contribution in [1.82, 2.24) is 14.5 Å². The summed E-state index contributed by atoms with van der Waals surface area (Å²) in [7, 11) is 1.67. The number of hydrogen-bond donors (Lipinski definition) is 2. The predicted molar refractivity (Wildman–Crippen MR) is 162 cm³/mol. The lowest BCUT2D eigenvalue weighted by Crippen LogP contribution is -2.40. The summed E-state index contributed by atoms with van der Waals surface area (Å²) in [5.41, 5.74) is 4.32. The SMILES string of the molecule is CSc1ccc(C(=O)Nc2cccc(-c3cn(C)c(=O)c(Nc4ccc(C(=O)N5CCOCC5)cc4)n3)c2C)cc1. The van der Waals surface area contributed by atoms with Crippen molar-refractivity contribution in [3.05, 3.63) is 100.0 Å². The monoisotopic (exact) mass is 569 g/mol. The van der Waals surface area contributed by atoms with Crippen molar-refractivity contribution >= 4 is 40.8 Å². The number of carbonyl (C=O) groups is 2. The van der Waals surface area contributed by atoms with Crippen LogP contribution in [-0.4, -0.2) is 58.8 Å². The topological polar surface area (TPSA) is 106 Å². The van der Waals surface area contributed by atoms with Gasteiger partial charge in [0.25, 0.3) is 17.4 Å². The van der Waals surface area contributed by atoms with Crippen LogP contribution in [0.3, 0.4) is 0 Å². The van der Waals surface area contributed by atoms with Crippen molar-refractivity contribution < 1.29 is 14.3 Å². The number of hydrogen-bond acceptors (Lipinski definition) is 7. The number of rotatable bonds is 7. The molecule has 4 aromatic rings. The molecule has 0 spiro atoms. The molecule has 0 atom stereocenters. The van der Waals surface area contributed by atoms with Crippen molar-refractivity contribution in [3.8, 4) is 11.3 Å². The molecule has 0 aliphatic carbocycles. The van der Waals surface area contributed by atoms with Crippen LogP contribution in [0.25, 0.3) is 11.3 Å². The van der Waals surface area contributed by atoms with Crippen molar-refractivity contribution in [3.63, 3.8) is 0 Å². The second-order valence-corrected chi connectivity index (χ2v) is 10.5. The molecule has 1 aromatic heterocycles. The summed E-state index contributed by atoms with van der Waals surface area (Å²) in [6, 6.07) is 20.0. The van der Waals surface area contributed by atoms with Crippen LogP contribution in [0.5, 0.6) is 0 Å². The third-order valence-electron chi connectivity index (χ3n) is 6.97.